The van der Waals surface area contributed by atoms with Crippen LogP contribution in [0, 0.1) is 6.92 Å². The molecule has 1 N–H and O–H groups in total. The number of nitrogens with zero attached hydrogens (tertiary/aromatic N) is 1. The van der Waals surface area contributed by atoms with Gasteiger partial charge in [0.1, 0.15) is 0 Å². The molecule has 1 aromatic carbocycles. The molecule has 2 rings (SSSR count). The lowest BCUT2D eigenvalue weighted by molar-refractivity contribution is 0.0817. The summed E-state index contributed by atoms with van der Waals surface area (Å²) in [5, 5.41) is 11.1. The van der Waals surface area contributed by atoms with E-state index in [1.165, 1.54) is 5.56 Å². The molecule has 2 aromatic rings. The number of aliphatic hydroxyl groups is 1. The Labute approximate surface area is 112 Å². The summed E-state index contributed by atoms with van der Waals surface area (Å²) in [6, 6.07) is 10.4. The van der Waals surface area contributed by atoms with Crippen molar-refractivity contribution in [1.29, 1.82) is 0 Å². The molecular formula is C15H19NOS. The van der Waals surface area contributed by atoms with Crippen molar-refractivity contribution >= 4 is 11.3 Å². The van der Waals surface area contributed by atoms with Crippen molar-refractivity contribution in [2.45, 2.75) is 39.2 Å². The Morgan fingerprint density at radius 3 is 2.39 bits per heavy atom. The quantitative estimate of drug-likeness (QED) is 0.914. The highest BCUT2D eigenvalue weighted by atomic mass is 32.1. The molecule has 0 aliphatic carbocycles. The van der Waals surface area contributed by atoms with Crippen LogP contribution in [-0.2, 0) is 18.4 Å². The van der Waals surface area contributed by atoms with E-state index in [1.807, 2.05) is 26.8 Å². The van der Waals surface area contributed by atoms with Gasteiger partial charge < -0.3 is 5.11 Å². The van der Waals surface area contributed by atoms with Gasteiger partial charge in [-0.05, 0) is 32.8 Å². The highest BCUT2D eigenvalue weighted by Crippen LogP contribution is 2.29. The first-order valence-corrected chi connectivity index (χ1v) is 7.01. The third kappa shape index (κ3) is 3.18. The molecule has 18 heavy (non-hydrogen) atoms. The second kappa shape index (κ2) is 5.21. The average Bonchev–Trinajstić information content (AvgIpc) is 2.69. The van der Waals surface area contributed by atoms with Crippen molar-refractivity contribution in [1.82, 2.24) is 4.98 Å². The number of aromatic nitrogens is 1. The van der Waals surface area contributed by atoms with Gasteiger partial charge in [0, 0.05) is 6.42 Å². The Kier molecular flexibility index (Phi) is 3.83. The maximum absolute atomic E-state index is 10.0. The van der Waals surface area contributed by atoms with E-state index in [0.717, 1.165) is 28.4 Å². The normalized spacial score (nSPS) is 11.8. The maximum Gasteiger partial charge on any atom is 0.0950 e. The van der Waals surface area contributed by atoms with Gasteiger partial charge in [0.15, 0.2) is 0 Å². The van der Waals surface area contributed by atoms with Gasteiger partial charge in [-0.2, -0.15) is 0 Å². The SMILES string of the molecule is Cc1nc(CCc2ccccc2)sc1C(C)(C)O. The first-order valence-electron chi connectivity index (χ1n) is 6.20. The topological polar surface area (TPSA) is 33.1 Å². The van der Waals surface area contributed by atoms with E-state index in [1.54, 1.807) is 11.3 Å². The molecule has 0 aliphatic rings. The van der Waals surface area contributed by atoms with Gasteiger partial charge in [0.2, 0.25) is 0 Å². The molecule has 0 amide bonds. The molecule has 96 valence electrons. The predicted molar refractivity (Wildman–Crippen MR) is 75.9 cm³/mol. The fourth-order valence-corrected chi connectivity index (χ4v) is 3.09. The number of benzene rings is 1. The van der Waals surface area contributed by atoms with Crippen LogP contribution in [0.5, 0.6) is 0 Å². The molecule has 0 bridgehead atoms. The Morgan fingerprint density at radius 1 is 1.17 bits per heavy atom. The molecule has 0 radical (unpaired) electrons. The number of hydrogen-bond donors (Lipinski definition) is 1. The summed E-state index contributed by atoms with van der Waals surface area (Å²) in [6.07, 6.45) is 1.94. The molecule has 0 unspecified atom stereocenters. The van der Waals surface area contributed by atoms with E-state index in [9.17, 15) is 5.11 Å². The van der Waals surface area contributed by atoms with E-state index in [2.05, 4.69) is 29.2 Å². The Hall–Kier alpha value is -1.19. The third-order valence-electron chi connectivity index (χ3n) is 2.87. The number of thiazole rings is 1. The van der Waals surface area contributed by atoms with E-state index in [-0.39, 0.29) is 0 Å². The molecule has 0 saturated carbocycles. The van der Waals surface area contributed by atoms with E-state index < -0.39 is 5.60 Å². The van der Waals surface area contributed by atoms with Gasteiger partial charge in [-0.15, -0.1) is 11.3 Å². The van der Waals surface area contributed by atoms with Crippen LogP contribution in [0.1, 0.15) is 35.0 Å². The number of rotatable bonds is 4. The fourth-order valence-electron chi connectivity index (χ4n) is 2.02. The lowest BCUT2D eigenvalue weighted by Crippen LogP contribution is -2.14. The Balaban J connectivity index is 2.07. The van der Waals surface area contributed by atoms with Gasteiger partial charge in [0.05, 0.1) is 21.2 Å². The first kappa shape index (κ1) is 13.2. The smallest absolute Gasteiger partial charge is 0.0950 e. The molecule has 1 heterocycles. The third-order valence-corrected chi connectivity index (χ3v) is 4.40. The summed E-state index contributed by atoms with van der Waals surface area (Å²) < 4.78 is 0. The van der Waals surface area contributed by atoms with Crippen LogP contribution in [0.3, 0.4) is 0 Å². The van der Waals surface area contributed by atoms with Crippen LogP contribution in [0.25, 0.3) is 0 Å². The highest BCUT2D eigenvalue weighted by molar-refractivity contribution is 7.11. The summed E-state index contributed by atoms with van der Waals surface area (Å²) in [5.41, 5.74) is 1.50. The Bertz CT molecular complexity index is 511. The van der Waals surface area contributed by atoms with Crippen LogP contribution in [0.2, 0.25) is 0 Å². The molecular weight excluding hydrogens is 242 g/mol. The summed E-state index contributed by atoms with van der Waals surface area (Å²) in [6.45, 7) is 5.60. The molecule has 0 fully saturated rings. The fraction of sp³-hybridized carbons (Fsp3) is 0.400. The maximum atomic E-state index is 10.0. The Morgan fingerprint density at radius 2 is 1.83 bits per heavy atom. The van der Waals surface area contributed by atoms with E-state index in [4.69, 9.17) is 0 Å². The van der Waals surface area contributed by atoms with Gasteiger partial charge in [0.25, 0.3) is 0 Å². The first-order chi connectivity index (χ1) is 8.47. The molecule has 0 spiro atoms. The van der Waals surface area contributed by atoms with Crippen LogP contribution in [0.4, 0.5) is 0 Å². The summed E-state index contributed by atoms with van der Waals surface area (Å²) >= 11 is 1.62. The van der Waals surface area contributed by atoms with E-state index >= 15 is 0 Å². The zero-order valence-electron chi connectivity index (χ0n) is 11.1. The van der Waals surface area contributed by atoms with Crippen molar-refractivity contribution in [3.63, 3.8) is 0 Å². The largest absolute Gasteiger partial charge is 0.385 e. The summed E-state index contributed by atoms with van der Waals surface area (Å²) in [7, 11) is 0. The van der Waals surface area contributed by atoms with Crippen molar-refractivity contribution in [2.75, 3.05) is 0 Å². The molecule has 2 nitrogen and oxygen atoms in total. The molecule has 0 saturated heterocycles. The zero-order valence-corrected chi connectivity index (χ0v) is 11.9. The zero-order chi connectivity index (χ0) is 13.2. The van der Waals surface area contributed by atoms with Crippen LogP contribution < -0.4 is 0 Å². The van der Waals surface area contributed by atoms with Crippen molar-refractivity contribution in [2.24, 2.45) is 0 Å². The predicted octanol–water partition coefficient (Wildman–Crippen LogP) is 3.46. The minimum atomic E-state index is -0.785. The molecule has 3 heteroatoms. The lowest BCUT2D eigenvalue weighted by Gasteiger charge is -2.14. The minimum Gasteiger partial charge on any atom is -0.385 e. The van der Waals surface area contributed by atoms with Gasteiger partial charge >= 0.3 is 0 Å². The second-order valence-corrected chi connectivity index (χ2v) is 6.15. The lowest BCUT2D eigenvalue weighted by atomic mass is 10.1. The summed E-state index contributed by atoms with van der Waals surface area (Å²) in [4.78, 5) is 5.53. The van der Waals surface area contributed by atoms with Crippen LogP contribution in [0.15, 0.2) is 30.3 Å². The van der Waals surface area contributed by atoms with Crippen LogP contribution in [-0.4, -0.2) is 10.1 Å². The van der Waals surface area contributed by atoms with Gasteiger partial charge in [-0.25, -0.2) is 4.98 Å². The number of hydrogen-bond acceptors (Lipinski definition) is 3. The molecule has 1 aromatic heterocycles. The second-order valence-electron chi connectivity index (χ2n) is 5.07. The molecule has 0 aliphatic heterocycles. The highest BCUT2D eigenvalue weighted by Gasteiger charge is 2.22. The summed E-state index contributed by atoms with van der Waals surface area (Å²) in [5.74, 6) is 0. The van der Waals surface area contributed by atoms with Crippen molar-refractivity contribution in [3.8, 4) is 0 Å². The van der Waals surface area contributed by atoms with Crippen molar-refractivity contribution < 1.29 is 5.11 Å². The minimum absolute atomic E-state index is 0.785. The van der Waals surface area contributed by atoms with Crippen molar-refractivity contribution in [3.05, 3.63) is 51.5 Å². The van der Waals surface area contributed by atoms with Gasteiger partial charge in [-0.1, -0.05) is 30.3 Å². The standard InChI is InChI=1S/C15H19NOS/c1-11-14(15(2,3)17)18-13(16-11)10-9-12-7-5-4-6-8-12/h4-8,17H,9-10H2,1-3H3. The number of aryl methyl sites for hydroxylation is 3. The van der Waals surface area contributed by atoms with Gasteiger partial charge in [-0.3, -0.25) is 0 Å². The monoisotopic (exact) mass is 261 g/mol. The molecule has 0 atom stereocenters. The average molecular weight is 261 g/mol. The van der Waals surface area contributed by atoms with E-state index in [0.29, 0.717) is 0 Å². The van der Waals surface area contributed by atoms with Crippen LogP contribution >= 0.6 is 11.3 Å².